The summed E-state index contributed by atoms with van der Waals surface area (Å²) in [7, 11) is -3.82. The molecule has 0 aromatic heterocycles. The van der Waals surface area contributed by atoms with Crippen molar-refractivity contribution >= 4 is 50.7 Å². The van der Waals surface area contributed by atoms with E-state index in [9.17, 15) is 18.0 Å². The van der Waals surface area contributed by atoms with Gasteiger partial charge in [-0.05, 0) is 61.7 Å². The van der Waals surface area contributed by atoms with Crippen LogP contribution >= 0.6 is 23.2 Å². The first-order valence-electron chi connectivity index (χ1n) is 11.5. The van der Waals surface area contributed by atoms with Gasteiger partial charge in [-0.3, -0.25) is 13.9 Å². The molecule has 0 heterocycles. The Morgan fingerprint density at radius 3 is 2.19 bits per heavy atom. The molecular weight excluding hydrogens is 525 g/mol. The number of hydrogen-bond donors (Lipinski definition) is 1. The summed E-state index contributed by atoms with van der Waals surface area (Å²) >= 11 is 12.2. The second kappa shape index (κ2) is 13.2. The first-order valence-corrected chi connectivity index (χ1v) is 14.2. The Balaban J connectivity index is 2.37. The number of anilines is 1. The highest BCUT2D eigenvalue weighted by Crippen LogP contribution is 2.25. The quantitative estimate of drug-likeness (QED) is 0.418. The fourth-order valence-corrected chi connectivity index (χ4v) is 4.53. The van der Waals surface area contributed by atoms with E-state index in [1.807, 2.05) is 20.8 Å². The first kappa shape index (κ1) is 29.7. The molecule has 2 aromatic carbocycles. The minimum Gasteiger partial charge on any atom is -0.494 e. The Bertz CT molecular complexity index is 1160. The van der Waals surface area contributed by atoms with Crippen LogP contribution in [0.5, 0.6) is 5.75 Å². The summed E-state index contributed by atoms with van der Waals surface area (Å²) < 4.78 is 31.7. The van der Waals surface area contributed by atoms with Crippen LogP contribution < -0.4 is 14.4 Å². The Labute approximate surface area is 223 Å². The fourth-order valence-electron chi connectivity index (χ4n) is 3.36. The highest BCUT2D eigenvalue weighted by Gasteiger charge is 2.30. The smallest absolute Gasteiger partial charge is 0.244 e. The van der Waals surface area contributed by atoms with Gasteiger partial charge in [0.25, 0.3) is 0 Å². The van der Waals surface area contributed by atoms with Gasteiger partial charge in [0, 0.05) is 13.1 Å². The van der Waals surface area contributed by atoms with Crippen LogP contribution in [-0.4, -0.2) is 57.1 Å². The molecule has 0 unspecified atom stereocenters. The van der Waals surface area contributed by atoms with Crippen molar-refractivity contribution in [2.45, 2.75) is 40.3 Å². The predicted molar refractivity (Wildman–Crippen MR) is 144 cm³/mol. The molecule has 1 N–H and O–H groups in total. The molecule has 0 saturated heterocycles. The molecule has 0 bridgehead atoms. The molecule has 0 radical (unpaired) electrons. The van der Waals surface area contributed by atoms with E-state index in [-0.39, 0.29) is 18.4 Å². The second-order valence-electron chi connectivity index (χ2n) is 8.78. The van der Waals surface area contributed by atoms with E-state index in [0.717, 1.165) is 10.6 Å². The number of nitrogens with one attached hydrogen (secondary N) is 1. The normalized spacial score (nSPS) is 12.2. The van der Waals surface area contributed by atoms with Gasteiger partial charge in [-0.1, -0.05) is 43.1 Å². The topological polar surface area (TPSA) is 96.0 Å². The third kappa shape index (κ3) is 8.57. The fraction of sp³-hybridized carbons (Fsp3) is 0.440. The summed E-state index contributed by atoms with van der Waals surface area (Å²) in [6.45, 7) is 7.83. The number of halogens is 2. The molecule has 11 heteroatoms. The van der Waals surface area contributed by atoms with Crippen LogP contribution in [-0.2, 0) is 26.2 Å². The van der Waals surface area contributed by atoms with Crippen LogP contribution in [0.3, 0.4) is 0 Å². The molecule has 0 fully saturated rings. The van der Waals surface area contributed by atoms with Crippen molar-refractivity contribution in [1.82, 2.24) is 10.2 Å². The third-order valence-corrected chi connectivity index (χ3v) is 7.18. The molecule has 0 aliphatic rings. The molecule has 0 spiro atoms. The number of hydrogen-bond acceptors (Lipinski definition) is 5. The van der Waals surface area contributed by atoms with Gasteiger partial charge in [0.15, 0.2) is 0 Å². The van der Waals surface area contributed by atoms with Crippen LogP contribution in [0, 0.1) is 5.92 Å². The van der Waals surface area contributed by atoms with Crippen molar-refractivity contribution < 1.29 is 22.7 Å². The highest BCUT2D eigenvalue weighted by molar-refractivity contribution is 7.92. The van der Waals surface area contributed by atoms with E-state index in [2.05, 4.69) is 5.32 Å². The lowest BCUT2D eigenvalue weighted by molar-refractivity contribution is -0.139. The van der Waals surface area contributed by atoms with Gasteiger partial charge in [0.05, 0.1) is 28.6 Å². The van der Waals surface area contributed by atoms with E-state index >= 15 is 0 Å². The molecular formula is C25H33Cl2N3O5S. The monoisotopic (exact) mass is 557 g/mol. The van der Waals surface area contributed by atoms with Gasteiger partial charge >= 0.3 is 0 Å². The zero-order valence-electron chi connectivity index (χ0n) is 21.1. The summed E-state index contributed by atoms with van der Waals surface area (Å²) in [6.07, 6.45) is 1.03. The number of carbonyl (C=O) groups excluding carboxylic acids is 2. The van der Waals surface area contributed by atoms with Gasteiger partial charge in [0.1, 0.15) is 18.3 Å². The van der Waals surface area contributed by atoms with E-state index in [4.69, 9.17) is 27.9 Å². The van der Waals surface area contributed by atoms with Crippen LogP contribution in [0.25, 0.3) is 0 Å². The van der Waals surface area contributed by atoms with Crippen molar-refractivity contribution in [3.8, 4) is 5.75 Å². The number of nitrogens with zero attached hydrogens (tertiary/aromatic N) is 2. The number of ether oxygens (including phenoxy) is 1. The average Bonchev–Trinajstić information content (AvgIpc) is 2.81. The summed E-state index contributed by atoms with van der Waals surface area (Å²) in [4.78, 5) is 27.7. The molecule has 0 saturated carbocycles. The molecule has 2 rings (SSSR count). The van der Waals surface area contributed by atoms with Crippen LogP contribution in [0.15, 0.2) is 42.5 Å². The van der Waals surface area contributed by atoms with Gasteiger partial charge < -0.3 is 15.0 Å². The summed E-state index contributed by atoms with van der Waals surface area (Å²) in [5.41, 5.74) is 0.953. The molecule has 0 aliphatic heterocycles. The average molecular weight is 559 g/mol. The third-order valence-electron chi connectivity index (χ3n) is 5.30. The largest absolute Gasteiger partial charge is 0.494 e. The molecule has 2 amide bonds. The van der Waals surface area contributed by atoms with Crippen LogP contribution in [0.2, 0.25) is 10.0 Å². The number of carbonyl (C=O) groups is 2. The highest BCUT2D eigenvalue weighted by atomic mass is 35.5. The van der Waals surface area contributed by atoms with Gasteiger partial charge in [-0.15, -0.1) is 0 Å². The maximum Gasteiger partial charge on any atom is 0.244 e. The second-order valence-corrected chi connectivity index (χ2v) is 11.5. The molecule has 2 aromatic rings. The van der Waals surface area contributed by atoms with Crippen molar-refractivity contribution in [1.29, 1.82) is 0 Å². The Morgan fingerprint density at radius 2 is 1.67 bits per heavy atom. The lowest BCUT2D eigenvalue weighted by atomic mass is 10.1. The van der Waals surface area contributed by atoms with Crippen molar-refractivity contribution in [2.75, 3.05) is 30.3 Å². The minimum atomic E-state index is -3.82. The maximum absolute atomic E-state index is 13.5. The SMILES string of the molecule is CCOc1ccc(N(CC(=O)N(Cc2ccc(Cl)c(Cl)c2)[C@@H](C)C(=O)NCC(C)C)S(C)(=O)=O)cc1. The minimum absolute atomic E-state index is 0.0346. The van der Waals surface area contributed by atoms with Crippen LogP contribution in [0.1, 0.15) is 33.3 Å². The van der Waals surface area contributed by atoms with Crippen molar-refractivity contribution in [2.24, 2.45) is 5.92 Å². The maximum atomic E-state index is 13.5. The zero-order valence-corrected chi connectivity index (χ0v) is 23.5. The Hall–Kier alpha value is -2.49. The lowest BCUT2D eigenvalue weighted by Gasteiger charge is -2.31. The Morgan fingerprint density at radius 1 is 1.03 bits per heavy atom. The first-order chi connectivity index (χ1) is 16.8. The van der Waals surface area contributed by atoms with Gasteiger partial charge in [0.2, 0.25) is 21.8 Å². The van der Waals surface area contributed by atoms with E-state index in [1.54, 1.807) is 49.4 Å². The summed E-state index contributed by atoms with van der Waals surface area (Å²) in [5, 5.41) is 3.50. The predicted octanol–water partition coefficient (Wildman–Crippen LogP) is 4.35. The number of benzene rings is 2. The molecule has 8 nitrogen and oxygen atoms in total. The van der Waals surface area contributed by atoms with Gasteiger partial charge in [-0.2, -0.15) is 0 Å². The number of sulfonamides is 1. The number of rotatable bonds is 12. The van der Waals surface area contributed by atoms with Crippen molar-refractivity contribution in [3.63, 3.8) is 0 Å². The van der Waals surface area contributed by atoms with E-state index < -0.39 is 28.5 Å². The summed E-state index contributed by atoms with van der Waals surface area (Å²) in [6, 6.07) is 10.5. The standard InChI is InChI=1S/C25H33Cl2N3O5S/c1-6-35-21-10-8-20(9-11-21)30(36(5,33)34)16-24(31)29(18(4)25(32)28-14-17(2)3)15-19-7-12-22(26)23(27)13-19/h7-13,17-18H,6,14-16H2,1-5H3,(H,28,32)/t18-/m0/s1. The number of amides is 2. The van der Waals surface area contributed by atoms with E-state index in [0.29, 0.717) is 40.2 Å². The van der Waals surface area contributed by atoms with Crippen LogP contribution in [0.4, 0.5) is 5.69 Å². The van der Waals surface area contributed by atoms with Crippen molar-refractivity contribution in [3.05, 3.63) is 58.1 Å². The molecule has 198 valence electrons. The molecule has 0 aliphatic carbocycles. The van der Waals surface area contributed by atoms with Gasteiger partial charge in [-0.25, -0.2) is 8.42 Å². The molecule has 36 heavy (non-hydrogen) atoms. The lowest BCUT2D eigenvalue weighted by Crippen LogP contribution is -2.51. The molecule has 1 atom stereocenters. The van der Waals surface area contributed by atoms with E-state index in [1.165, 1.54) is 4.90 Å². The zero-order chi connectivity index (χ0) is 27.0. The summed E-state index contributed by atoms with van der Waals surface area (Å²) in [5.74, 6) is -0.0878. The Kier molecular flexibility index (Phi) is 10.9.